The molecule has 0 aliphatic carbocycles. The van der Waals surface area contributed by atoms with Crippen molar-refractivity contribution < 1.29 is 9.18 Å². The van der Waals surface area contributed by atoms with E-state index in [0.717, 1.165) is 22.9 Å². The first kappa shape index (κ1) is 15.4. The van der Waals surface area contributed by atoms with E-state index in [9.17, 15) is 9.18 Å². The number of hydrogen-bond donors (Lipinski definition) is 3. The number of amides is 1. The van der Waals surface area contributed by atoms with Gasteiger partial charge in [0.1, 0.15) is 11.5 Å². The molecular weight excluding hydrogens is 317 g/mol. The summed E-state index contributed by atoms with van der Waals surface area (Å²) >= 11 is 0. The van der Waals surface area contributed by atoms with Crippen LogP contribution in [-0.2, 0) is 6.42 Å². The first-order chi connectivity index (χ1) is 12.1. The third-order valence-corrected chi connectivity index (χ3v) is 4.60. The van der Waals surface area contributed by atoms with Crippen LogP contribution >= 0.6 is 0 Å². The summed E-state index contributed by atoms with van der Waals surface area (Å²) in [6, 6.07) is 12.6. The largest absolute Gasteiger partial charge is 0.361 e. The molecular formula is C20H18FN3O. The SMILES string of the molecule is Cc1c(C(=O)NCCc2c[nH]c3ccccc23)[nH]c2cc(F)ccc12. The average molecular weight is 335 g/mol. The normalized spacial score (nSPS) is 11.3. The van der Waals surface area contributed by atoms with Crippen molar-refractivity contribution in [1.82, 2.24) is 15.3 Å². The molecule has 0 fully saturated rings. The molecule has 3 N–H and O–H groups in total. The summed E-state index contributed by atoms with van der Waals surface area (Å²) in [5.41, 5.74) is 4.22. The van der Waals surface area contributed by atoms with E-state index in [1.807, 2.05) is 31.3 Å². The average Bonchev–Trinajstić information content (AvgIpc) is 3.16. The van der Waals surface area contributed by atoms with Gasteiger partial charge in [0, 0.05) is 34.5 Å². The lowest BCUT2D eigenvalue weighted by Crippen LogP contribution is -2.26. The molecule has 0 saturated heterocycles. The molecule has 2 aromatic heterocycles. The van der Waals surface area contributed by atoms with E-state index in [0.29, 0.717) is 17.8 Å². The van der Waals surface area contributed by atoms with Crippen LogP contribution in [0.1, 0.15) is 21.6 Å². The summed E-state index contributed by atoms with van der Waals surface area (Å²) in [6.45, 7) is 2.40. The highest BCUT2D eigenvalue weighted by molar-refractivity contribution is 6.00. The minimum Gasteiger partial charge on any atom is -0.361 e. The highest BCUT2D eigenvalue weighted by Gasteiger charge is 2.15. The first-order valence-electron chi connectivity index (χ1n) is 8.24. The maximum atomic E-state index is 13.3. The lowest BCUT2D eigenvalue weighted by Gasteiger charge is -2.04. The molecule has 0 unspecified atom stereocenters. The summed E-state index contributed by atoms with van der Waals surface area (Å²) in [4.78, 5) is 18.7. The molecule has 4 rings (SSSR count). The van der Waals surface area contributed by atoms with Crippen LogP contribution in [0.5, 0.6) is 0 Å². The van der Waals surface area contributed by atoms with Gasteiger partial charge in [-0.1, -0.05) is 18.2 Å². The molecule has 0 atom stereocenters. The van der Waals surface area contributed by atoms with Crippen LogP contribution in [0.4, 0.5) is 4.39 Å². The predicted molar refractivity (Wildman–Crippen MR) is 97.3 cm³/mol. The molecule has 0 saturated carbocycles. The predicted octanol–water partition coefficient (Wildman–Crippen LogP) is 4.07. The van der Waals surface area contributed by atoms with Gasteiger partial charge >= 0.3 is 0 Å². The molecule has 0 aliphatic heterocycles. The summed E-state index contributed by atoms with van der Waals surface area (Å²) in [5, 5.41) is 4.98. The van der Waals surface area contributed by atoms with Crippen LogP contribution < -0.4 is 5.32 Å². The van der Waals surface area contributed by atoms with Gasteiger partial charge in [0.15, 0.2) is 0 Å². The molecule has 25 heavy (non-hydrogen) atoms. The fraction of sp³-hybridized carbons (Fsp3) is 0.150. The van der Waals surface area contributed by atoms with E-state index in [1.54, 1.807) is 6.07 Å². The molecule has 5 heteroatoms. The molecule has 0 radical (unpaired) electrons. The molecule has 1 amide bonds. The monoisotopic (exact) mass is 335 g/mol. The van der Waals surface area contributed by atoms with Gasteiger partial charge in [-0.25, -0.2) is 4.39 Å². The fourth-order valence-corrected chi connectivity index (χ4v) is 3.27. The molecule has 126 valence electrons. The third-order valence-electron chi connectivity index (χ3n) is 4.60. The number of aromatic amines is 2. The number of aryl methyl sites for hydroxylation is 1. The molecule has 2 aromatic carbocycles. The number of aromatic nitrogens is 2. The number of H-pyrrole nitrogens is 2. The van der Waals surface area contributed by atoms with Crippen LogP contribution in [-0.4, -0.2) is 22.4 Å². The molecule has 0 spiro atoms. The van der Waals surface area contributed by atoms with Crippen molar-refractivity contribution in [1.29, 1.82) is 0 Å². The van der Waals surface area contributed by atoms with E-state index in [2.05, 4.69) is 21.4 Å². The lowest BCUT2D eigenvalue weighted by molar-refractivity contribution is 0.0949. The van der Waals surface area contributed by atoms with Crippen molar-refractivity contribution in [2.75, 3.05) is 6.54 Å². The Balaban J connectivity index is 1.48. The van der Waals surface area contributed by atoms with Gasteiger partial charge in [0.2, 0.25) is 0 Å². The molecule has 0 aliphatic rings. The van der Waals surface area contributed by atoms with Gasteiger partial charge in [0.25, 0.3) is 5.91 Å². The summed E-state index contributed by atoms with van der Waals surface area (Å²) in [5.74, 6) is -0.492. The van der Waals surface area contributed by atoms with Crippen LogP contribution in [0, 0.1) is 12.7 Å². The number of rotatable bonds is 4. The second kappa shape index (κ2) is 6.09. The Kier molecular flexibility index (Phi) is 3.76. The van der Waals surface area contributed by atoms with E-state index in [-0.39, 0.29) is 11.7 Å². The van der Waals surface area contributed by atoms with Crippen LogP contribution in [0.25, 0.3) is 21.8 Å². The van der Waals surface area contributed by atoms with Crippen LogP contribution in [0.2, 0.25) is 0 Å². The third kappa shape index (κ3) is 2.78. The second-order valence-corrected chi connectivity index (χ2v) is 6.18. The fourth-order valence-electron chi connectivity index (χ4n) is 3.27. The number of halogens is 1. The minimum atomic E-state index is -0.319. The highest BCUT2D eigenvalue weighted by atomic mass is 19.1. The molecule has 4 aromatic rings. The smallest absolute Gasteiger partial charge is 0.268 e. The standard InChI is InChI=1S/C20H18FN3O/c1-12-15-7-6-14(21)10-18(15)24-19(12)20(25)22-9-8-13-11-23-17-5-3-2-4-16(13)17/h2-7,10-11,23-24H,8-9H2,1H3,(H,22,25). The van der Waals surface area contributed by atoms with Crippen molar-refractivity contribution in [3.8, 4) is 0 Å². The van der Waals surface area contributed by atoms with Crippen molar-refractivity contribution >= 4 is 27.7 Å². The van der Waals surface area contributed by atoms with Crippen molar-refractivity contribution in [3.63, 3.8) is 0 Å². The van der Waals surface area contributed by atoms with Gasteiger partial charge in [0.05, 0.1) is 0 Å². The maximum Gasteiger partial charge on any atom is 0.268 e. The Labute approximate surface area is 144 Å². The van der Waals surface area contributed by atoms with Crippen molar-refractivity contribution in [2.45, 2.75) is 13.3 Å². The zero-order valence-electron chi connectivity index (χ0n) is 13.8. The van der Waals surface area contributed by atoms with Crippen molar-refractivity contribution in [3.05, 3.63) is 71.3 Å². The second-order valence-electron chi connectivity index (χ2n) is 6.18. The Bertz CT molecular complexity index is 1080. The first-order valence-corrected chi connectivity index (χ1v) is 8.24. The summed E-state index contributed by atoms with van der Waals surface area (Å²) in [7, 11) is 0. The van der Waals surface area contributed by atoms with E-state index >= 15 is 0 Å². The number of carbonyl (C=O) groups excluding carboxylic acids is 1. The number of para-hydroxylation sites is 1. The number of carbonyl (C=O) groups is 1. The zero-order valence-corrected chi connectivity index (χ0v) is 13.8. The molecule has 0 bridgehead atoms. The summed E-state index contributed by atoms with van der Waals surface area (Å²) in [6.07, 6.45) is 2.72. The molecule has 2 heterocycles. The number of benzene rings is 2. The quantitative estimate of drug-likeness (QED) is 0.517. The van der Waals surface area contributed by atoms with Crippen molar-refractivity contribution in [2.24, 2.45) is 0 Å². The van der Waals surface area contributed by atoms with Gasteiger partial charge in [-0.15, -0.1) is 0 Å². The number of nitrogens with one attached hydrogen (secondary N) is 3. The number of fused-ring (bicyclic) bond motifs is 2. The van der Waals surface area contributed by atoms with E-state index in [4.69, 9.17) is 0 Å². The Morgan fingerprint density at radius 3 is 2.84 bits per heavy atom. The van der Waals surface area contributed by atoms with Crippen LogP contribution in [0.3, 0.4) is 0 Å². The maximum absolute atomic E-state index is 13.3. The Hall–Kier alpha value is -3.08. The van der Waals surface area contributed by atoms with Gasteiger partial charge in [-0.2, -0.15) is 0 Å². The Morgan fingerprint density at radius 2 is 1.96 bits per heavy atom. The van der Waals surface area contributed by atoms with Gasteiger partial charge in [-0.3, -0.25) is 4.79 Å². The van der Waals surface area contributed by atoms with E-state index < -0.39 is 0 Å². The minimum absolute atomic E-state index is 0.172. The highest BCUT2D eigenvalue weighted by Crippen LogP contribution is 2.22. The lowest BCUT2D eigenvalue weighted by atomic mass is 10.1. The van der Waals surface area contributed by atoms with Gasteiger partial charge in [-0.05, 0) is 48.7 Å². The van der Waals surface area contributed by atoms with E-state index in [1.165, 1.54) is 23.1 Å². The zero-order chi connectivity index (χ0) is 17.4. The Morgan fingerprint density at radius 1 is 1.12 bits per heavy atom. The topological polar surface area (TPSA) is 60.7 Å². The summed E-state index contributed by atoms with van der Waals surface area (Å²) < 4.78 is 13.3. The van der Waals surface area contributed by atoms with Crippen LogP contribution in [0.15, 0.2) is 48.7 Å². The molecule has 4 nitrogen and oxygen atoms in total. The number of hydrogen-bond acceptors (Lipinski definition) is 1. The van der Waals surface area contributed by atoms with Gasteiger partial charge < -0.3 is 15.3 Å².